The zero-order valence-corrected chi connectivity index (χ0v) is 15.6. The Kier molecular flexibility index (Phi) is 5.68. The second-order valence-corrected chi connectivity index (χ2v) is 7.61. The van der Waals surface area contributed by atoms with Gasteiger partial charge in [0.05, 0.1) is 5.69 Å². The summed E-state index contributed by atoms with van der Waals surface area (Å²) in [4.78, 5) is 2.74. The van der Waals surface area contributed by atoms with Crippen LogP contribution in [0.4, 0.5) is 0 Å². The largest absolute Gasteiger partial charge is 0.381 e. The quantitative estimate of drug-likeness (QED) is 0.866. The molecular formula is C21H30N4O. The highest BCUT2D eigenvalue weighted by molar-refractivity contribution is 5.33. The highest BCUT2D eigenvalue weighted by Crippen LogP contribution is 2.30. The minimum absolute atomic E-state index is 0.285. The number of hydrogen-bond acceptors (Lipinski definition) is 4. The number of likely N-dealkylation sites (tertiary alicyclic amines) is 1. The van der Waals surface area contributed by atoms with Crippen LogP contribution in [-0.2, 0) is 11.3 Å². The smallest absolute Gasteiger partial charge is 0.0645 e. The number of piperidine rings is 1. The summed E-state index contributed by atoms with van der Waals surface area (Å²) >= 11 is 0. The standard InChI is InChI=1S/C21H30N4O/c1-2-12-24(13-3-1)21(9-15-26-16-10-21)18-22-17-19-5-7-20(8-6-19)25-14-4-11-23-25/h4-8,11,14,22H,1-3,9-10,12-13,15-18H2. The van der Waals surface area contributed by atoms with Gasteiger partial charge in [-0.2, -0.15) is 5.10 Å². The fourth-order valence-corrected chi connectivity index (χ4v) is 4.35. The van der Waals surface area contributed by atoms with Gasteiger partial charge in [-0.05, 0) is 62.5 Å². The maximum atomic E-state index is 5.67. The van der Waals surface area contributed by atoms with Crippen molar-refractivity contribution in [2.75, 3.05) is 32.8 Å². The van der Waals surface area contributed by atoms with Gasteiger partial charge < -0.3 is 10.1 Å². The van der Waals surface area contributed by atoms with E-state index >= 15 is 0 Å². The van der Waals surface area contributed by atoms with Crippen LogP contribution in [0.3, 0.4) is 0 Å². The van der Waals surface area contributed by atoms with E-state index in [0.717, 1.165) is 44.8 Å². The Morgan fingerprint density at radius 3 is 2.50 bits per heavy atom. The van der Waals surface area contributed by atoms with Crippen molar-refractivity contribution in [2.45, 2.75) is 44.2 Å². The Hall–Kier alpha value is -1.69. The molecule has 2 aromatic rings. The molecule has 0 aliphatic carbocycles. The first-order chi connectivity index (χ1) is 12.9. The van der Waals surface area contributed by atoms with Crippen LogP contribution < -0.4 is 5.32 Å². The molecular weight excluding hydrogens is 324 g/mol. The van der Waals surface area contributed by atoms with Gasteiger partial charge in [-0.15, -0.1) is 0 Å². The van der Waals surface area contributed by atoms with Crippen molar-refractivity contribution >= 4 is 0 Å². The fourth-order valence-electron chi connectivity index (χ4n) is 4.35. The average molecular weight is 354 g/mol. The summed E-state index contributed by atoms with van der Waals surface area (Å²) in [5.41, 5.74) is 2.71. The Balaban J connectivity index is 1.35. The lowest BCUT2D eigenvalue weighted by Crippen LogP contribution is -2.59. The van der Waals surface area contributed by atoms with Crippen LogP contribution in [0, 0.1) is 0 Å². The molecule has 2 saturated heterocycles. The average Bonchev–Trinajstić information content (AvgIpc) is 3.25. The molecule has 3 heterocycles. The normalized spacial score (nSPS) is 20.9. The van der Waals surface area contributed by atoms with Crippen molar-refractivity contribution in [3.05, 3.63) is 48.3 Å². The molecule has 1 N–H and O–H groups in total. The number of rotatable bonds is 6. The Morgan fingerprint density at radius 2 is 1.81 bits per heavy atom. The van der Waals surface area contributed by atoms with E-state index in [1.807, 2.05) is 23.1 Å². The van der Waals surface area contributed by atoms with Gasteiger partial charge in [0.1, 0.15) is 0 Å². The molecule has 0 bridgehead atoms. The van der Waals surface area contributed by atoms with Crippen molar-refractivity contribution < 1.29 is 4.74 Å². The summed E-state index contributed by atoms with van der Waals surface area (Å²) in [7, 11) is 0. The molecule has 1 aromatic carbocycles. The van der Waals surface area contributed by atoms with Gasteiger partial charge in [0, 0.05) is 44.2 Å². The zero-order valence-electron chi connectivity index (χ0n) is 15.6. The lowest BCUT2D eigenvalue weighted by atomic mass is 9.86. The Bertz CT molecular complexity index is 656. The highest BCUT2D eigenvalue weighted by atomic mass is 16.5. The topological polar surface area (TPSA) is 42.3 Å². The van der Waals surface area contributed by atoms with Gasteiger partial charge >= 0.3 is 0 Å². The van der Waals surface area contributed by atoms with Gasteiger partial charge in [0.2, 0.25) is 0 Å². The molecule has 2 aliphatic rings. The maximum Gasteiger partial charge on any atom is 0.0645 e. The van der Waals surface area contributed by atoms with Crippen LogP contribution in [0.5, 0.6) is 0 Å². The van der Waals surface area contributed by atoms with E-state index in [9.17, 15) is 0 Å². The maximum absolute atomic E-state index is 5.67. The summed E-state index contributed by atoms with van der Waals surface area (Å²) < 4.78 is 7.56. The molecule has 0 unspecified atom stereocenters. The molecule has 0 spiro atoms. The second-order valence-electron chi connectivity index (χ2n) is 7.61. The summed E-state index contributed by atoms with van der Waals surface area (Å²) in [6.07, 6.45) is 10.2. The van der Waals surface area contributed by atoms with Crippen LogP contribution >= 0.6 is 0 Å². The van der Waals surface area contributed by atoms with E-state index in [1.54, 1.807) is 0 Å². The fraction of sp³-hybridized carbons (Fsp3) is 0.571. The van der Waals surface area contributed by atoms with E-state index in [1.165, 1.54) is 37.9 Å². The predicted molar refractivity (Wildman–Crippen MR) is 103 cm³/mol. The SMILES string of the molecule is c1cnn(-c2ccc(CNCC3(N4CCCCC4)CCOCC3)cc2)c1. The van der Waals surface area contributed by atoms with Gasteiger partial charge in [-0.3, -0.25) is 4.90 Å². The molecule has 0 amide bonds. The lowest BCUT2D eigenvalue weighted by molar-refractivity contribution is -0.0358. The third-order valence-electron chi connectivity index (χ3n) is 5.94. The Labute approximate surface area is 156 Å². The number of ether oxygens (including phenoxy) is 1. The summed E-state index contributed by atoms with van der Waals surface area (Å²) in [6.45, 7) is 6.26. The first kappa shape index (κ1) is 17.7. The summed E-state index contributed by atoms with van der Waals surface area (Å²) in [5.74, 6) is 0. The first-order valence-corrected chi connectivity index (χ1v) is 9.98. The van der Waals surface area contributed by atoms with Crippen LogP contribution in [0.15, 0.2) is 42.7 Å². The lowest BCUT2D eigenvalue weighted by Gasteiger charge is -2.48. The van der Waals surface area contributed by atoms with Gasteiger partial charge in [-0.1, -0.05) is 18.6 Å². The molecule has 2 aliphatic heterocycles. The molecule has 140 valence electrons. The van der Waals surface area contributed by atoms with E-state index in [2.05, 4.69) is 39.6 Å². The second kappa shape index (κ2) is 8.33. The van der Waals surface area contributed by atoms with Crippen LogP contribution in [0.1, 0.15) is 37.7 Å². The first-order valence-electron chi connectivity index (χ1n) is 9.98. The van der Waals surface area contributed by atoms with Crippen molar-refractivity contribution in [1.82, 2.24) is 20.0 Å². The Morgan fingerprint density at radius 1 is 1.04 bits per heavy atom. The summed E-state index contributed by atoms with van der Waals surface area (Å²) in [6, 6.07) is 10.6. The number of benzene rings is 1. The molecule has 4 rings (SSSR count). The van der Waals surface area contributed by atoms with E-state index in [-0.39, 0.29) is 5.54 Å². The highest BCUT2D eigenvalue weighted by Gasteiger charge is 2.38. The molecule has 1 aromatic heterocycles. The van der Waals surface area contributed by atoms with Crippen molar-refractivity contribution in [2.24, 2.45) is 0 Å². The minimum atomic E-state index is 0.285. The van der Waals surface area contributed by atoms with Crippen LogP contribution in [0.2, 0.25) is 0 Å². The minimum Gasteiger partial charge on any atom is -0.381 e. The van der Waals surface area contributed by atoms with Crippen molar-refractivity contribution in [3.8, 4) is 5.69 Å². The van der Waals surface area contributed by atoms with Gasteiger partial charge in [-0.25, -0.2) is 4.68 Å². The molecule has 2 fully saturated rings. The van der Waals surface area contributed by atoms with E-state index in [0.29, 0.717) is 0 Å². The third kappa shape index (κ3) is 4.00. The molecule has 5 heteroatoms. The monoisotopic (exact) mass is 354 g/mol. The number of hydrogen-bond donors (Lipinski definition) is 1. The molecule has 0 radical (unpaired) electrons. The number of aromatic nitrogens is 2. The van der Waals surface area contributed by atoms with E-state index in [4.69, 9.17) is 4.74 Å². The molecule has 0 saturated carbocycles. The van der Waals surface area contributed by atoms with Crippen molar-refractivity contribution in [1.29, 1.82) is 0 Å². The van der Waals surface area contributed by atoms with Crippen LogP contribution in [-0.4, -0.2) is 53.1 Å². The third-order valence-corrected chi connectivity index (χ3v) is 5.94. The zero-order chi connectivity index (χ0) is 17.7. The van der Waals surface area contributed by atoms with Gasteiger partial charge in [0.25, 0.3) is 0 Å². The van der Waals surface area contributed by atoms with Gasteiger partial charge in [0.15, 0.2) is 0 Å². The predicted octanol–water partition coefficient (Wildman–Crippen LogP) is 3.00. The van der Waals surface area contributed by atoms with Crippen molar-refractivity contribution in [3.63, 3.8) is 0 Å². The summed E-state index contributed by atoms with van der Waals surface area (Å²) in [5, 5.41) is 8.03. The van der Waals surface area contributed by atoms with Crippen LogP contribution in [0.25, 0.3) is 5.69 Å². The van der Waals surface area contributed by atoms with E-state index < -0.39 is 0 Å². The molecule has 26 heavy (non-hydrogen) atoms. The molecule has 5 nitrogen and oxygen atoms in total. The molecule has 0 atom stereocenters. The number of nitrogens with zero attached hydrogens (tertiary/aromatic N) is 3. The number of nitrogens with one attached hydrogen (secondary N) is 1.